The normalized spacial score (nSPS) is 11.4. The molecule has 112 valence electrons. The maximum absolute atomic E-state index is 11.8. The fourth-order valence-electron chi connectivity index (χ4n) is 1.89. The van der Waals surface area contributed by atoms with E-state index in [0.717, 1.165) is 17.8 Å². The van der Waals surface area contributed by atoms with E-state index in [1.165, 1.54) is 10.4 Å². The van der Waals surface area contributed by atoms with Crippen molar-refractivity contribution in [1.29, 1.82) is 0 Å². The summed E-state index contributed by atoms with van der Waals surface area (Å²) in [6, 6.07) is 10.4. The summed E-state index contributed by atoms with van der Waals surface area (Å²) in [5, 5.41) is 4.04. The van der Waals surface area contributed by atoms with Crippen LogP contribution >= 0.6 is 11.3 Å². The third-order valence-corrected chi connectivity index (χ3v) is 4.19. The lowest BCUT2D eigenvalue weighted by molar-refractivity contribution is -0.128. The molecule has 0 saturated heterocycles. The zero-order valence-corrected chi connectivity index (χ0v) is 13.7. The molecule has 0 bridgehead atoms. The Morgan fingerprint density at radius 2 is 1.95 bits per heavy atom. The second kappa shape index (κ2) is 6.85. The van der Waals surface area contributed by atoms with Gasteiger partial charge in [-0.2, -0.15) is 0 Å². The first kappa shape index (κ1) is 15.7. The van der Waals surface area contributed by atoms with Crippen LogP contribution in [0.3, 0.4) is 0 Å². The van der Waals surface area contributed by atoms with Gasteiger partial charge >= 0.3 is 0 Å². The molecule has 1 heterocycles. The van der Waals surface area contributed by atoms with Gasteiger partial charge in [-0.1, -0.05) is 51.1 Å². The second-order valence-corrected chi connectivity index (χ2v) is 7.34. The molecule has 0 aliphatic heterocycles. The molecule has 1 aromatic heterocycles. The molecule has 0 atom stereocenters. The minimum atomic E-state index is -0.332. The first-order chi connectivity index (χ1) is 9.95. The predicted octanol–water partition coefficient (Wildman–Crippen LogP) is 3.44. The molecule has 0 spiro atoms. The van der Waals surface area contributed by atoms with E-state index in [-0.39, 0.29) is 11.3 Å². The SMILES string of the molecule is CC(C)(C)C(=O)NCCc1ncc(Cc2ccccc2)s1. The number of hydrogen-bond donors (Lipinski definition) is 1. The smallest absolute Gasteiger partial charge is 0.225 e. The topological polar surface area (TPSA) is 42.0 Å². The standard InChI is InChI=1S/C17H22N2OS/c1-17(2,3)16(20)18-10-9-15-19-12-14(21-15)11-13-7-5-4-6-8-13/h4-8,12H,9-11H2,1-3H3,(H,18,20). The number of nitrogens with one attached hydrogen (secondary N) is 1. The van der Waals surface area contributed by atoms with Crippen molar-refractivity contribution in [2.45, 2.75) is 33.6 Å². The number of aromatic nitrogens is 1. The maximum atomic E-state index is 11.8. The Balaban J connectivity index is 1.82. The van der Waals surface area contributed by atoms with Gasteiger partial charge in [0.2, 0.25) is 5.91 Å². The van der Waals surface area contributed by atoms with Crippen LogP contribution in [0.15, 0.2) is 36.5 Å². The Morgan fingerprint density at radius 3 is 2.62 bits per heavy atom. The van der Waals surface area contributed by atoms with Gasteiger partial charge < -0.3 is 5.32 Å². The van der Waals surface area contributed by atoms with Crippen LogP contribution in [0.5, 0.6) is 0 Å². The largest absolute Gasteiger partial charge is 0.355 e. The number of amides is 1. The summed E-state index contributed by atoms with van der Waals surface area (Å²) in [4.78, 5) is 17.5. The number of nitrogens with zero attached hydrogens (tertiary/aromatic N) is 1. The van der Waals surface area contributed by atoms with Crippen molar-refractivity contribution in [1.82, 2.24) is 10.3 Å². The van der Waals surface area contributed by atoms with Crippen LogP contribution in [0.1, 0.15) is 36.2 Å². The van der Waals surface area contributed by atoms with Crippen molar-refractivity contribution in [2.24, 2.45) is 5.41 Å². The summed E-state index contributed by atoms with van der Waals surface area (Å²) in [5.74, 6) is 0.0866. The molecule has 21 heavy (non-hydrogen) atoms. The third kappa shape index (κ3) is 4.97. The van der Waals surface area contributed by atoms with Crippen LogP contribution in [0.2, 0.25) is 0 Å². The van der Waals surface area contributed by atoms with Crippen molar-refractivity contribution in [3.8, 4) is 0 Å². The average Bonchev–Trinajstić information content (AvgIpc) is 2.86. The van der Waals surface area contributed by atoms with Gasteiger partial charge in [0.1, 0.15) is 0 Å². The lowest BCUT2D eigenvalue weighted by atomic mass is 9.96. The molecular weight excluding hydrogens is 280 g/mol. The third-order valence-electron chi connectivity index (χ3n) is 3.13. The molecule has 0 unspecified atom stereocenters. The Labute approximate surface area is 130 Å². The van der Waals surface area contributed by atoms with Crippen molar-refractivity contribution >= 4 is 17.2 Å². The van der Waals surface area contributed by atoms with Gasteiger partial charge in [0.25, 0.3) is 0 Å². The Bertz CT molecular complexity index is 584. The maximum Gasteiger partial charge on any atom is 0.225 e. The fourth-order valence-corrected chi connectivity index (χ4v) is 2.85. The van der Waals surface area contributed by atoms with Crippen molar-refractivity contribution in [3.05, 3.63) is 52.0 Å². The molecule has 1 amide bonds. The molecule has 3 nitrogen and oxygen atoms in total. The monoisotopic (exact) mass is 302 g/mol. The summed E-state index contributed by atoms with van der Waals surface area (Å²) in [6.45, 7) is 6.41. The highest BCUT2D eigenvalue weighted by Crippen LogP contribution is 2.18. The molecule has 0 aliphatic carbocycles. The number of rotatable bonds is 5. The number of carbonyl (C=O) groups is 1. The molecule has 0 aliphatic rings. The van der Waals surface area contributed by atoms with E-state index >= 15 is 0 Å². The summed E-state index contributed by atoms with van der Waals surface area (Å²) in [6.07, 6.45) is 3.66. The zero-order valence-electron chi connectivity index (χ0n) is 12.8. The van der Waals surface area contributed by atoms with E-state index in [4.69, 9.17) is 0 Å². The van der Waals surface area contributed by atoms with Gasteiger partial charge in [0.05, 0.1) is 5.01 Å². The molecule has 2 rings (SSSR count). The number of thiazole rings is 1. The van der Waals surface area contributed by atoms with Gasteiger partial charge in [0, 0.05) is 35.9 Å². The van der Waals surface area contributed by atoms with Gasteiger partial charge in [-0.3, -0.25) is 4.79 Å². The molecule has 2 aromatic rings. The highest BCUT2D eigenvalue weighted by molar-refractivity contribution is 7.11. The van der Waals surface area contributed by atoms with Gasteiger partial charge in [-0.25, -0.2) is 4.98 Å². The molecule has 0 saturated carbocycles. The molecule has 1 N–H and O–H groups in total. The van der Waals surface area contributed by atoms with Gasteiger partial charge in [-0.05, 0) is 5.56 Å². The van der Waals surface area contributed by atoms with Crippen LogP contribution in [-0.4, -0.2) is 17.4 Å². The van der Waals surface area contributed by atoms with E-state index in [2.05, 4.69) is 34.6 Å². The van der Waals surface area contributed by atoms with Crippen LogP contribution < -0.4 is 5.32 Å². The lowest BCUT2D eigenvalue weighted by Crippen LogP contribution is -2.35. The number of benzene rings is 1. The van der Waals surface area contributed by atoms with Crippen molar-refractivity contribution in [3.63, 3.8) is 0 Å². The zero-order chi connectivity index (χ0) is 15.3. The summed E-state index contributed by atoms with van der Waals surface area (Å²) in [7, 11) is 0. The Kier molecular flexibility index (Phi) is 5.12. The summed E-state index contributed by atoms with van der Waals surface area (Å²) < 4.78 is 0. The highest BCUT2D eigenvalue weighted by Gasteiger charge is 2.20. The molecule has 0 radical (unpaired) electrons. The van der Waals surface area contributed by atoms with Gasteiger partial charge in [0.15, 0.2) is 0 Å². The van der Waals surface area contributed by atoms with Crippen LogP contribution in [-0.2, 0) is 17.6 Å². The Hall–Kier alpha value is -1.68. The van der Waals surface area contributed by atoms with E-state index in [0.29, 0.717) is 6.54 Å². The Morgan fingerprint density at radius 1 is 1.24 bits per heavy atom. The predicted molar refractivity (Wildman–Crippen MR) is 87.5 cm³/mol. The molecule has 4 heteroatoms. The minimum Gasteiger partial charge on any atom is -0.355 e. The second-order valence-electron chi connectivity index (χ2n) is 6.14. The van der Waals surface area contributed by atoms with Crippen molar-refractivity contribution < 1.29 is 4.79 Å². The van der Waals surface area contributed by atoms with Crippen LogP contribution in [0.25, 0.3) is 0 Å². The van der Waals surface area contributed by atoms with E-state index in [9.17, 15) is 4.79 Å². The summed E-state index contributed by atoms with van der Waals surface area (Å²) in [5.41, 5.74) is 0.968. The van der Waals surface area contributed by atoms with E-state index in [1.807, 2.05) is 33.0 Å². The molecule has 1 aromatic carbocycles. The highest BCUT2D eigenvalue weighted by atomic mass is 32.1. The van der Waals surface area contributed by atoms with Crippen LogP contribution in [0.4, 0.5) is 0 Å². The number of carbonyl (C=O) groups excluding carboxylic acids is 1. The van der Waals surface area contributed by atoms with E-state index in [1.54, 1.807) is 11.3 Å². The van der Waals surface area contributed by atoms with Crippen LogP contribution in [0, 0.1) is 5.41 Å². The summed E-state index contributed by atoms with van der Waals surface area (Å²) >= 11 is 1.72. The number of hydrogen-bond acceptors (Lipinski definition) is 3. The molecule has 0 fully saturated rings. The fraction of sp³-hybridized carbons (Fsp3) is 0.412. The van der Waals surface area contributed by atoms with E-state index < -0.39 is 0 Å². The van der Waals surface area contributed by atoms with Gasteiger partial charge in [-0.15, -0.1) is 11.3 Å². The average molecular weight is 302 g/mol. The molecular formula is C17H22N2OS. The minimum absolute atomic E-state index is 0.0866. The lowest BCUT2D eigenvalue weighted by Gasteiger charge is -2.17. The van der Waals surface area contributed by atoms with Crippen molar-refractivity contribution in [2.75, 3.05) is 6.54 Å². The quantitative estimate of drug-likeness (QED) is 0.919. The first-order valence-electron chi connectivity index (χ1n) is 7.21. The first-order valence-corrected chi connectivity index (χ1v) is 8.02.